The average Bonchev–Trinajstić information content (AvgIpc) is 2.53. The van der Waals surface area contributed by atoms with Crippen molar-refractivity contribution in [3.63, 3.8) is 0 Å². The Morgan fingerprint density at radius 1 is 0.650 bits per heavy atom. The maximum atomic E-state index is 14.1. The minimum atomic E-state index is -0.808. The van der Waals surface area contributed by atoms with E-state index in [-0.39, 0.29) is 11.1 Å². The van der Waals surface area contributed by atoms with E-state index < -0.39 is 11.7 Å². The summed E-state index contributed by atoms with van der Waals surface area (Å²) in [6, 6.07) is 13.8. The van der Waals surface area contributed by atoms with Gasteiger partial charge in [-0.3, -0.25) is 0 Å². The second-order valence-electron chi connectivity index (χ2n) is 4.73. The van der Waals surface area contributed by atoms with Gasteiger partial charge in [-0.25, -0.2) is 8.78 Å². The molecular weight excluding hydrogens is 254 g/mol. The molecule has 2 rings (SSSR count). The Bertz CT molecular complexity index is 537. The zero-order valence-corrected chi connectivity index (χ0v) is 11.8. The molecule has 0 spiro atoms. The van der Waals surface area contributed by atoms with Gasteiger partial charge in [0, 0.05) is 11.1 Å². The molecule has 0 amide bonds. The number of aryl methyl sites for hydroxylation is 2. The van der Waals surface area contributed by atoms with Crippen molar-refractivity contribution in [1.82, 2.24) is 0 Å². The molecule has 20 heavy (non-hydrogen) atoms. The van der Waals surface area contributed by atoms with Gasteiger partial charge in [0.2, 0.25) is 0 Å². The maximum absolute atomic E-state index is 14.1. The average molecular weight is 272 g/mol. The molecule has 0 heterocycles. The maximum Gasteiger partial charge on any atom is 0.166 e. The summed E-state index contributed by atoms with van der Waals surface area (Å²) >= 11 is 0. The molecule has 0 aliphatic carbocycles. The van der Waals surface area contributed by atoms with E-state index in [1.165, 1.54) is 0 Å². The van der Waals surface area contributed by atoms with Crippen molar-refractivity contribution < 1.29 is 8.78 Å². The lowest BCUT2D eigenvalue weighted by Gasteiger charge is -2.04. The van der Waals surface area contributed by atoms with E-state index >= 15 is 0 Å². The molecule has 0 aliphatic heterocycles. The number of benzene rings is 2. The summed E-state index contributed by atoms with van der Waals surface area (Å²) in [6.07, 6.45) is 1.76. The molecular formula is C18H18F2. The lowest BCUT2D eigenvalue weighted by molar-refractivity contribution is 0.700. The van der Waals surface area contributed by atoms with Crippen LogP contribution in [0.25, 0.3) is 11.7 Å². The quantitative estimate of drug-likeness (QED) is 0.638. The zero-order chi connectivity index (χ0) is 14.5. The SMILES string of the molecule is CCc1ccc(C(F)=C(F)c2ccc(CC)cc2)cc1. The third kappa shape index (κ3) is 3.13. The second-order valence-corrected chi connectivity index (χ2v) is 4.73. The number of hydrogen-bond acceptors (Lipinski definition) is 0. The zero-order valence-electron chi connectivity index (χ0n) is 11.8. The number of halogens is 2. The van der Waals surface area contributed by atoms with Gasteiger partial charge in [-0.15, -0.1) is 0 Å². The van der Waals surface area contributed by atoms with Gasteiger partial charge in [-0.1, -0.05) is 62.4 Å². The van der Waals surface area contributed by atoms with E-state index in [1.54, 1.807) is 24.3 Å². The van der Waals surface area contributed by atoms with Crippen molar-refractivity contribution in [2.75, 3.05) is 0 Å². The van der Waals surface area contributed by atoms with Crippen LogP contribution >= 0.6 is 0 Å². The second kappa shape index (κ2) is 6.47. The van der Waals surface area contributed by atoms with Crippen LogP contribution in [0.4, 0.5) is 8.78 Å². The van der Waals surface area contributed by atoms with Crippen LogP contribution in [0.15, 0.2) is 48.5 Å². The molecule has 0 radical (unpaired) electrons. The van der Waals surface area contributed by atoms with Crippen LogP contribution in [-0.4, -0.2) is 0 Å². The highest BCUT2D eigenvalue weighted by molar-refractivity contribution is 5.83. The van der Waals surface area contributed by atoms with Crippen molar-refractivity contribution in [2.45, 2.75) is 26.7 Å². The van der Waals surface area contributed by atoms with Gasteiger partial charge in [0.15, 0.2) is 11.7 Å². The minimum absolute atomic E-state index is 0.277. The van der Waals surface area contributed by atoms with Gasteiger partial charge in [0.1, 0.15) is 0 Å². The van der Waals surface area contributed by atoms with Gasteiger partial charge in [0.05, 0.1) is 0 Å². The molecule has 0 fully saturated rings. The third-order valence-electron chi connectivity index (χ3n) is 3.42. The highest BCUT2D eigenvalue weighted by atomic mass is 19.2. The fourth-order valence-electron chi connectivity index (χ4n) is 2.03. The fraction of sp³-hybridized carbons (Fsp3) is 0.222. The molecule has 0 nitrogen and oxygen atoms in total. The summed E-state index contributed by atoms with van der Waals surface area (Å²) in [4.78, 5) is 0. The first-order valence-corrected chi connectivity index (χ1v) is 6.89. The summed E-state index contributed by atoms with van der Waals surface area (Å²) in [5.74, 6) is -1.62. The number of rotatable bonds is 4. The molecule has 0 aromatic heterocycles. The van der Waals surface area contributed by atoms with Crippen LogP contribution in [0.2, 0.25) is 0 Å². The Balaban J connectivity index is 2.32. The standard InChI is InChI=1S/C18H18F2/c1-3-13-5-9-15(10-6-13)17(19)18(20)16-11-7-14(4-2)8-12-16/h5-12H,3-4H2,1-2H3. The van der Waals surface area contributed by atoms with E-state index in [4.69, 9.17) is 0 Å². The van der Waals surface area contributed by atoms with Gasteiger partial charge >= 0.3 is 0 Å². The van der Waals surface area contributed by atoms with Crippen LogP contribution in [0.3, 0.4) is 0 Å². The molecule has 0 saturated heterocycles. The Labute approximate surface area is 118 Å². The number of hydrogen-bond donors (Lipinski definition) is 0. The first kappa shape index (κ1) is 14.4. The molecule has 0 N–H and O–H groups in total. The largest absolute Gasteiger partial charge is 0.203 e. The molecule has 0 bridgehead atoms. The van der Waals surface area contributed by atoms with Crippen molar-refractivity contribution in [1.29, 1.82) is 0 Å². The summed E-state index contributed by atoms with van der Waals surface area (Å²) in [5.41, 5.74) is 2.77. The minimum Gasteiger partial charge on any atom is -0.203 e. The Morgan fingerprint density at radius 2 is 0.950 bits per heavy atom. The van der Waals surface area contributed by atoms with Crippen molar-refractivity contribution >= 4 is 11.7 Å². The van der Waals surface area contributed by atoms with Crippen LogP contribution in [0, 0.1) is 0 Å². The van der Waals surface area contributed by atoms with Crippen LogP contribution in [0.1, 0.15) is 36.1 Å². The molecule has 0 aliphatic rings. The van der Waals surface area contributed by atoms with E-state index in [0.29, 0.717) is 0 Å². The van der Waals surface area contributed by atoms with Crippen molar-refractivity contribution in [3.05, 3.63) is 70.8 Å². The van der Waals surface area contributed by atoms with Crippen LogP contribution in [-0.2, 0) is 12.8 Å². The fourth-order valence-corrected chi connectivity index (χ4v) is 2.03. The van der Waals surface area contributed by atoms with Gasteiger partial charge in [-0.05, 0) is 24.0 Å². The molecule has 2 aromatic carbocycles. The predicted octanol–water partition coefficient (Wildman–Crippen LogP) is 5.58. The van der Waals surface area contributed by atoms with Gasteiger partial charge < -0.3 is 0 Å². The van der Waals surface area contributed by atoms with Crippen molar-refractivity contribution in [2.24, 2.45) is 0 Å². The topological polar surface area (TPSA) is 0 Å². The highest BCUT2D eigenvalue weighted by Gasteiger charge is 2.11. The van der Waals surface area contributed by atoms with E-state index in [9.17, 15) is 8.78 Å². The molecule has 104 valence electrons. The lowest BCUT2D eigenvalue weighted by atomic mass is 10.1. The Kier molecular flexibility index (Phi) is 4.67. The molecule has 0 saturated carbocycles. The van der Waals surface area contributed by atoms with Crippen LogP contribution < -0.4 is 0 Å². The first-order chi connectivity index (χ1) is 9.65. The van der Waals surface area contributed by atoms with Crippen molar-refractivity contribution in [3.8, 4) is 0 Å². The van der Waals surface area contributed by atoms with E-state index in [2.05, 4.69) is 0 Å². The van der Waals surface area contributed by atoms with Gasteiger partial charge in [0.25, 0.3) is 0 Å². The van der Waals surface area contributed by atoms with E-state index in [0.717, 1.165) is 24.0 Å². The monoisotopic (exact) mass is 272 g/mol. The third-order valence-corrected chi connectivity index (χ3v) is 3.42. The Hall–Kier alpha value is -1.96. The molecule has 0 unspecified atom stereocenters. The van der Waals surface area contributed by atoms with Gasteiger partial charge in [-0.2, -0.15) is 0 Å². The predicted molar refractivity (Wildman–Crippen MR) is 80.7 cm³/mol. The summed E-state index contributed by atoms with van der Waals surface area (Å²) < 4.78 is 28.3. The van der Waals surface area contributed by atoms with E-state index in [1.807, 2.05) is 38.1 Å². The highest BCUT2D eigenvalue weighted by Crippen LogP contribution is 2.29. The summed E-state index contributed by atoms with van der Waals surface area (Å²) in [5, 5.41) is 0. The molecule has 2 aromatic rings. The molecule has 2 heteroatoms. The van der Waals surface area contributed by atoms with Crippen LogP contribution in [0.5, 0.6) is 0 Å². The summed E-state index contributed by atoms with van der Waals surface area (Å²) in [6.45, 7) is 4.05. The summed E-state index contributed by atoms with van der Waals surface area (Å²) in [7, 11) is 0. The Morgan fingerprint density at radius 3 is 1.20 bits per heavy atom. The normalized spacial score (nSPS) is 12.2. The smallest absolute Gasteiger partial charge is 0.166 e. The lowest BCUT2D eigenvalue weighted by Crippen LogP contribution is -1.87. The first-order valence-electron chi connectivity index (χ1n) is 6.89. The molecule has 0 atom stereocenters.